The Morgan fingerprint density at radius 3 is 2.67 bits per heavy atom. The van der Waals surface area contributed by atoms with Crippen molar-refractivity contribution in [1.29, 1.82) is 0 Å². The van der Waals surface area contributed by atoms with Crippen molar-refractivity contribution in [3.63, 3.8) is 0 Å². The van der Waals surface area contributed by atoms with Crippen molar-refractivity contribution in [2.24, 2.45) is 0 Å². The lowest BCUT2D eigenvalue weighted by Crippen LogP contribution is -2.12. The van der Waals surface area contributed by atoms with Crippen molar-refractivity contribution in [2.75, 3.05) is 18.2 Å². The van der Waals surface area contributed by atoms with Crippen molar-refractivity contribution < 1.29 is 9.53 Å². The molecule has 5 nitrogen and oxygen atoms in total. The highest BCUT2D eigenvalue weighted by Gasteiger charge is 2.08. The van der Waals surface area contributed by atoms with Crippen molar-refractivity contribution in [2.45, 2.75) is 0 Å². The predicted octanol–water partition coefficient (Wildman–Crippen LogP) is 1.92. The first kappa shape index (κ1) is 11.9. The molecule has 0 saturated carbocycles. The fourth-order valence-corrected chi connectivity index (χ4v) is 1.51. The van der Waals surface area contributed by atoms with Crippen molar-refractivity contribution in [1.82, 2.24) is 4.98 Å². The number of amides is 1. The second-order valence-electron chi connectivity index (χ2n) is 3.68. The van der Waals surface area contributed by atoms with Gasteiger partial charge >= 0.3 is 0 Å². The fourth-order valence-electron chi connectivity index (χ4n) is 1.51. The summed E-state index contributed by atoms with van der Waals surface area (Å²) in [4.78, 5) is 15.9. The van der Waals surface area contributed by atoms with Crippen LogP contribution in [0.3, 0.4) is 0 Å². The highest BCUT2D eigenvalue weighted by atomic mass is 16.5. The van der Waals surface area contributed by atoms with E-state index in [9.17, 15) is 4.79 Å². The summed E-state index contributed by atoms with van der Waals surface area (Å²) in [6, 6.07) is 8.30. The number of pyridine rings is 1. The van der Waals surface area contributed by atoms with Gasteiger partial charge in [0, 0.05) is 35.4 Å². The Labute approximate surface area is 105 Å². The minimum absolute atomic E-state index is 0.244. The molecule has 5 heteroatoms. The number of nitrogens with one attached hydrogen (secondary N) is 1. The van der Waals surface area contributed by atoms with Crippen LogP contribution in [-0.2, 0) is 0 Å². The van der Waals surface area contributed by atoms with Crippen LogP contribution in [0.1, 0.15) is 10.4 Å². The molecule has 0 aliphatic carbocycles. The second-order valence-corrected chi connectivity index (χ2v) is 3.68. The molecule has 2 rings (SSSR count). The van der Waals surface area contributed by atoms with Gasteiger partial charge in [-0.3, -0.25) is 9.78 Å². The fraction of sp³-hybridized carbons (Fsp3) is 0.0769. The molecule has 1 aromatic carbocycles. The topological polar surface area (TPSA) is 77.2 Å². The normalized spacial score (nSPS) is 9.83. The van der Waals surface area contributed by atoms with Crippen LogP contribution in [0.5, 0.6) is 5.75 Å². The number of aromatic nitrogens is 1. The van der Waals surface area contributed by atoms with Crippen LogP contribution in [0.2, 0.25) is 0 Å². The van der Waals surface area contributed by atoms with Crippen LogP contribution in [0.4, 0.5) is 11.4 Å². The highest BCUT2D eigenvalue weighted by molar-refractivity contribution is 6.05. The molecule has 0 aliphatic rings. The van der Waals surface area contributed by atoms with Gasteiger partial charge in [-0.05, 0) is 24.3 Å². The van der Waals surface area contributed by atoms with E-state index in [1.165, 1.54) is 7.11 Å². The molecule has 0 bridgehead atoms. The van der Waals surface area contributed by atoms with Crippen LogP contribution >= 0.6 is 0 Å². The first-order valence-corrected chi connectivity index (χ1v) is 5.35. The largest absolute Gasteiger partial charge is 0.497 e. The van der Waals surface area contributed by atoms with Gasteiger partial charge in [-0.1, -0.05) is 0 Å². The number of rotatable bonds is 3. The van der Waals surface area contributed by atoms with E-state index in [1.54, 1.807) is 42.7 Å². The Hall–Kier alpha value is -2.56. The number of anilines is 2. The zero-order valence-corrected chi connectivity index (χ0v) is 9.88. The third kappa shape index (κ3) is 2.76. The molecule has 0 atom stereocenters. The number of ether oxygens (including phenoxy) is 1. The van der Waals surface area contributed by atoms with Crippen LogP contribution in [0, 0.1) is 0 Å². The number of nitrogens with two attached hydrogens (primary N) is 1. The molecule has 1 amide bonds. The van der Waals surface area contributed by atoms with Crippen molar-refractivity contribution in [3.8, 4) is 5.75 Å². The molecule has 0 radical (unpaired) electrons. The van der Waals surface area contributed by atoms with Gasteiger partial charge in [0.1, 0.15) is 5.75 Å². The van der Waals surface area contributed by atoms with E-state index in [1.807, 2.05) is 0 Å². The number of nitrogen functional groups attached to an aromatic ring is 1. The minimum Gasteiger partial charge on any atom is -0.497 e. The van der Waals surface area contributed by atoms with E-state index >= 15 is 0 Å². The smallest absolute Gasteiger partial charge is 0.255 e. The average Bonchev–Trinajstić information content (AvgIpc) is 2.39. The summed E-state index contributed by atoms with van der Waals surface area (Å²) in [7, 11) is 1.53. The number of carbonyl (C=O) groups is 1. The summed E-state index contributed by atoms with van der Waals surface area (Å²) >= 11 is 0. The molecule has 92 valence electrons. The number of benzene rings is 1. The maximum Gasteiger partial charge on any atom is 0.255 e. The predicted molar refractivity (Wildman–Crippen MR) is 69.6 cm³/mol. The third-order valence-corrected chi connectivity index (χ3v) is 2.36. The summed E-state index contributed by atoms with van der Waals surface area (Å²) in [6.07, 6.45) is 3.21. The van der Waals surface area contributed by atoms with Crippen LogP contribution < -0.4 is 15.8 Å². The first-order valence-electron chi connectivity index (χ1n) is 5.35. The molecule has 18 heavy (non-hydrogen) atoms. The number of nitrogens with zero attached hydrogens (tertiary/aromatic N) is 1. The number of methoxy groups -OCH3 is 1. The molecule has 0 saturated heterocycles. The van der Waals surface area contributed by atoms with E-state index in [0.717, 1.165) is 0 Å². The van der Waals surface area contributed by atoms with Gasteiger partial charge in [0.2, 0.25) is 0 Å². The lowest BCUT2D eigenvalue weighted by atomic mass is 10.1. The van der Waals surface area contributed by atoms with Crippen LogP contribution in [0.15, 0.2) is 42.7 Å². The number of carbonyl (C=O) groups excluding carboxylic acids is 1. The molecule has 0 fully saturated rings. The number of hydrogen-bond donors (Lipinski definition) is 2. The Kier molecular flexibility index (Phi) is 3.43. The van der Waals surface area contributed by atoms with Gasteiger partial charge in [0.15, 0.2) is 0 Å². The second kappa shape index (κ2) is 5.18. The summed E-state index contributed by atoms with van der Waals surface area (Å²) < 4.78 is 5.07. The van der Waals surface area contributed by atoms with Crippen molar-refractivity contribution in [3.05, 3.63) is 48.3 Å². The van der Waals surface area contributed by atoms with E-state index < -0.39 is 0 Å². The van der Waals surface area contributed by atoms with E-state index in [4.69, 9.17) is 10.5 Å². The average molecular weight is 243 g/mol. The quantitative estimate of drug-likeness (QED) is 0.807. The summed E-state index contributed by atoms with van der Waals surface area (Å²) in [5.41, 5.74) is 7.30. The lowest BCUT2D eigenvalue weighted by molar-refractivity contribution is 0.102. The van der Waals surface area contributed by atoms with Gasteiger partial charge in [-0.25, -0.2) is 0 Å². The molecular formula is C13H13N3O2. The SMILES string of the molecule is COc1cc(N)cc(C(=O)Nc2ccncc2)c1. The maximum atomic E-state index is 12.0. The molecule has 0 unspecified atom stereocenters. The Morgan fingerprint density at radius 1 is 1.28 bits per heavy atom. The van der Waals surface area contributed by atoms with Gasteiger partial charge in [0.25, 0.3) is 5.91 Å². The van der Waals surface area contributed by atoms with Gasteiger partial charge in [-0.15, -0.1) is 0 Å². The molecular weight excluding hydrogens is 230 g/mol. The van der Waals surface area contributed by atoms with Crippen molar-refractivity contribution >= 4 is 17.3 Å². The Balaban J connectivity index is 2.21. The van der Waals surface area contributed by atoms with E-state index in [-0.39, 0.29) is 5.91 Å². The van der Waals surface area contributed by atoms with E-state index in [0.29, 0.717) is 22.7 Å². The van der Waals surface area contributed by atoms with Crippen LogP contribution in [-0.4, -0.2) is 18.0 Å². The van der Waals surface area contributed by atoms with Crippen LogP contribution in [0.25, 0.3) is 0 Å². The molecule has 2 aromatic rings. The molecule has 1 aromatic heterocycles. The highest BCUT2D eigenvalue weighted by Crippen LogP contribution is 2.19. The van der Waals surface area contributed by atoms with E-state index in [2.05, 4.69) is 10.3 Å². The summed E-state index contributed by atoms with van der Waals surface area (Å²) in [5.74, 6) is 0.307. The third-order valence-electron chi connectivity index (χ3n) is 2.36. The summed E-state index contributed by atoms with van der Waals surface area (Å²) in [5, 5.41) is 2.75. The molecule has 3 N–H and O–H groups in total. The monoisotopic (exact) mass is 243 g/mol. The number of hydrogen-bond acceptors (Lipinski definition) is 4. The lowest BCUT2D eigenvalue weighted by Gasteiger charge is -2.07. The van der Waals surface area contributed by atoms with Gasteiger partial charge in [-0.2, -0.15) is 0 Å². The van der Waals surface area contributed by atoms with Gasteiger partial charge < -0.3 is 15.8 Å². The standard InChI is InChI=1S/C13H13N3O2/c1-18-12-7-9(6-10(14)8-12)13(17)16-11-2-4-15-5-3-11/h2-8H,14H2,1H3,(H,15,16,17). The summed E-state index contributed by atoms with van der Waals surface area (Å²) in [6.45, 7) is 0. The zero-order valence-electron chi connectivity index (χ0n) is 9.88. The minimum atomic E-state index is -0.244. The first-order chi connectivity index (χ1) is 8.69. The van der Waals surface area contributed by atoms with Gasteiger partial charge in [0.05, 0.1) is 7.11 Å². The molecule has 0 spiro atoms. The molecule has 1 heterocycles. The maximum absolute atomic E-state index is 12.0. The zero-order chi connectivity index (χ0) is 13.0. The Morgan fingerprint density at radius 2 is 2.00 bits per heavy atom. The Bertz CT molecular complexity index is 555. The molecule has 0 aliphatic heterocycles.